The molecule has 0 radical (unpaired) electrons. The Morgan fingerprint density at radius 1 is 1.00 bits per heavy atom. The molecule has 1 aromatic heterocycles. The predicted octanol–water partition coefficient (Wildman–Crippen LogP) is 3.56. The van der Waals surface area contributed by atoms with E-state index in [2.05, 4.69) is 68.7 Å². The van der Waals surface area contributed by atoms with Crippen molar-refractivity contribution in [1.82, 2.24) is 25.1 Å². The lowest BCUT2D eigenvalue weighted by atomic mass is 10.2. The second kappa shape index (κ2) is 13.4. The van der Waals surface area contributed by atoms with Crippen molar-refractivity contribution in [2.45, 2.75) is 38.8 Å². The van der Waals surface area contributed by atoms with E-state index in [1.165, 1.54) is 5.56 Å². The van der Waals surface area contributed by atoms with Crippen LogP contribution in [0.5, 0.6) is 0 Å². The van der Waals surface area contributed by atoms with Gasteiger partial charge in [0.1, 0.15) is 5.82 Å². The van der Waals surface area contributed by atoms with Crippen LogP contribution in [0.15, 0.2) is 60.7 Å². The minimum absolute atomic E-state index is 0.0949. The molecule has 0 spiro atoms. The molecule has 5 rings (SSSR count). The Bertz CT molecular complexity index is 1320. The highest BCUT2D eigenvalue weighted by Crippen LogP contribution is 2.23. The van der Waals surface area contributed by atoms with Gasteiger partial charge in [0.2, 0.25) is 11.9 Å². The molecule has 9 heteroatoms. The number of nitrogens with one attached hydrogen (secondary N) is 2. The lowest BCUT2D eigenvalue weighted by molar-refractivity contribution is -0.123. The number of hydrogen-bond acceptors (Lipinski definition) is 8. The summed E-state index contributed by atoms with van der Waals surface area (Å²) in [5.41, 5.74) is 3.68. The summed E-state index contributed by atoms with van der Waals surface area (Å²) in [7, 11) is 0. The zero-order valence-electron chi connectivity index (χ0n) is 23.2. The van der Waals surface area contributed by atoms with E-state index in [1.54, 1.807) is 12.1 Å². The first-order valence-electron chi connectivity index (χ1n) is 14.3. The minimum Gasteiger partial charge on any atom is -0.354 e. The van der Waals surface area contributed by atoms with E-state index in [1.807, 2.05) is 18.2 Å². The number of benzene rings is 2. The van der Waals surface area contributed by atoms with Crippen LogP contribution in [0.1, 0.15) is 36.6 Å². The smallest absolute Gasteiger partial charge is 0.234 e. The fourth-order valence-corrected chi connectivity index (χ4v) is 5.39. The van der Waals surface area contributed by atoms with Crippen LogP contribution in [0, 0.1) is 11.3 Å². The maximum absolute atomic E-state index is 12.9. The fraction of sp³-hybridized carbons (Fsp3) is 0.419. The van der Waals surface area contributed by atoms with Crippen LogP contribution in [0.4, 0.5) is 17.5 Å². The summed E-state index contributed by atoms with van der Waals surface area (Å²) >= 11 is 0. The number of aryl methyl sites for hydroxylation is 1. The number of nitriles is 1. The normalized spacial score (nSPS) is 17.9. The molecule has 1 amide bonds. The quantitative estimate of drug-likeness (QED) is 0.404. The molecule has 0 aliphatic carbocycles. The molecule has 0 bridgehead atoms. The van der Waals surface area contributed by atoms with Crippen molar-refractivity contribution in [3.63, 3.8) is 0 Å². The van der Waals surface area contributed by atoms with Crippen molar-refractivity contribution in [3.8, 4) is 6.07 Å². The Kier molecular flexibility index (Phi) is 9.22. The van der Waals surface area contributed by atoms with E-state index in [-0.39, 0.29) is 11.9 Å². The molecule has 0 unspecified atom stereocenters. The van der Waals surface area contributed by atoms with Crippen molar-refractivity contribution >= 4 is 23.4 Å². The average molecular weight is 539 g/mol. The van der Waals surface area contributed by atoms with Crippen LogP contribution in [0.2, 0.25) is 0 Å². The molecular weight excluding hydrogens is 500 g/mol. The van der Waals surface area contributed by atoms with Crippen molar-refractivity contribution in [3.05, 3.63) is 77.5 Å². The molecular formula is C31H38N8O. The maximum Gasteiger partial charge on any atom is 0.234 e. The highest BCUT2D eigenvalue weighted by atomic mass is 16.2. The molecule has 0 saturated carbocycles. The first-order chi connectivity index (χ1) is 19.6. The summed E-state index contributed by atoms with van der Waals surface area (Å²) in [6, 6.07) is 22.2. The summed E-state index contributed by atoms with van der Waals surface area (Å²) in [5, 5.41) is 15.7. The van der Waals surface area contributed by atoms with Crippen LogP contribution in [0.3, 0.4) is 0 Å². The highest BCUT2D eigenvalue weighted by molar-refractivity contribution is 5.78. The largest absolute Gasteiger partial charge is 0.354 e. The van der Waals surface area contributed by atoms with Crippen molar-refractivity contribution in [2.75, 3.05) is 56.0 Å². The number of hydrogen-bond donors (Lipinski definition) is 2. The van der Waals surface area contributed by atoms with Gasteiger partial charge in [0.05, 0.1) is 18.2 Å². The number of carbonyl (C=O) groups is 1. The van der Waals surface area contributed by atoms with Crippen LogP contribution < -0.4 is 15.5 Å². The van der Waals surface area contributed by atoms with Crippen LogP contribution in [-0.4, -0.2) is 77.5 Å². The zero-order valence-corrected chi connectivity index (χ0v) is 23.2. The number of rotatable bonds is 10. The van der Waals surface area contributed by atoms with Gasteiger partial charge in [-0.05, 0) is 36.6 Å². The van der Waals surface area contributed by atoms with Gasteiger partial charge in [-0.15, -0.1) is 0 Å². The van der Waals surface area contributed by atoms with Gasteiger partial charge >= 0.3 is 0 Å². The Hall–Kier alpha value is -4.00. The van der Waals surface area contributed by atoms with E-state index in [9.17, 15) is 10.1 Å². The lowest BCUT2D eigenvalue weighted by Crippen LogP contribution is -2.50. The maximum atomic E-state index is 12.9. The monoisotopic (exact) mass is 538 g/mol. The van der Waals surface area contributed by atoms with Gasteiger partial charge in [0, 0.05) is 69.3 Å². The van der Waals surface area contributed by atoms with E-state index >= 15 is 0 Å². The number of anilines is 3. The molecule has 3 aromatic rings. The number of carbonyl (C=O) groups excluding carboxylic acids is 1. The minimum atomic E-state index is 0.0949. The van der Waals surface area contributed by atoms with Gasteiger partial charge in [0.25, 0.3) is 0 Å². The molecule has 40 heavy (non-hydrogen) atoms. The first-order valence-corrected chi connectivity index (χ1v) is 14.3. The van der Waals surface area contributed by atoms with Crippen LogP contribution in [-0.2, 0) is 17.8 Å². The molecule has 2 N–H and O–H groups in total. The highest BCUT2D eigenvalue weighted by Gasteiger charge is 2.27. The zero-order chi connectivity index (χ0) is 27.7. The van der Waals surface area contributed by atoms with E-state index in [0.717, 1.165) is 82.3 Å². The Labute approximate surface area is 236 Å². The van der Waals surface area contributed by atoms with E-state index in [0.29, 0.717) is 18.1 Å². The number of piperazine rings is 1. The Morgan fingerprint density at radius 2 is 1.80 bits per heavy atom. The molecule has 2 aromatic carbocycles. The molecule has 2 fully saturated rings. The van der Waals surface area contributed by atoms with Gasteiger partial charge in [-0.25, -0.2) is 4.98 Å². The Balaban J connectivity index is 1.13. The SMILES string of the molecule is CCCc1cc(N2CC[C@H](NC(=O)CN3CCN(Cc4ccccc4)CC3)C2)nc(Nc2cccc(C#N)c2)n1. The molecule has 2 aliphatic rings. The average Bonchev–Trinajstić information content (AvgIpc) is 3.43. The molecule has 9 nitrogen and oxygen atoms in total. The molecule has 1 atom stereocenters. The standard InChI is InChI=1S/C31H38N8O/c1-2-7-26-19-29(36-31(34-26)35-27-11-6-10-25(18-27)20-32)39-13-12-28(22-39)33-30(40)23-38-16-14-37(15-17-38)21-24-8-4-3-5-9-24/h3-6,8-11,18-19,28H,2,7,12-17,21-23H2,1H3,(H,33,40)(H,34,35,36)/t28-/m0/s1. The van der Waals surface area contributed by atoms with Crippen molar-refractivity contribution in [2.24, 2.45) is 0 Å². The number of amides is 1. The van der Waals surface area contributed by atoms with Crippen LogP contribution in [0.25, 0.3) is 0 Å². The summed E-state index contributed by atoms with van der Waals surface area (Å²) < 4.78 is 0. The third kappa shape index (κ3) is 7.56. The van der Waals surface area contributed by atoms with Gasteiger partial charge in [-0.2, -0.15) is 10.2 Å². The van der Waals surface area contributed by atoms with Crippen molar-refractivity contribution < 1.29 is 4.79 Å². The van der Waals surface area contributed by atoms with Gasteiger partial charge in [-0.3, -0.25) is 14.6 Å². The summed E-state index contributed by atoms with van der Waals surface area (Å²) in [5.74, 6) is 1.48. The van der Waals surface area contributed by atoms with Crippen LogP contribution >= 0.6 is 0 Å². The molecule has 2 aliphatic heterocycles. The Morgan fingerprint density at radius 3 is 2.58 bits per heavy atom. The van der Waals surface area contributed by atoms with Gasteiger partial charge < -0.3 is 15.5 Å². The number of nitrogens with zero attached hydrogens (tertiary/aromatic N) is 6. The van der Waals surface area contributed by atoms with Gasteiger partial charge in [-0.1, -0.05) is 49.7 Å². The topological polar surface area (TPSA) is 100 Å². The fourth-order valence-electron chi connectivity index (χ4n) is 5.39. The first kappa shape index (κ1) is 27.6. The molecule has 208 valence electrons. The third-order valence-electron chi connectivity index (χ3n) is 7.48. The van der Waals surface area contributed by atoms with E-state index in [4.69, 9.17) is 9.97 Å². The summed E-state index contributed by atoms with van der Waals surface area (Å²) in [4.78, 5) is 29.3. The second-order valence-electron chi connectivity index (χ2n) is 10.6. The van der Waals surface area contributed by atoms with E-state index < -0.39 is 0 Å². The van der Waals surface area contributed by atoms with Gasteiger partial charge in [0.15, 0.2) is 0 Å². The summed E-state index contributed by atoms with van der Waals surface area (Å²) in [6.07, 6.45) is 2.73. The molecule has 3 heterocycles. The number of aromatic nitrogens is 2. The van der Waals surface area contributed by atoms with Crippen molar-refractivity contribution in [1.29, 1.82) is 5.26 Å². The predicted molar refractivity (Wildman–Crippen MR) is 157 cm³/mol. The second-order valence-corrected chi connectivity index (χ2v) is 10.6. The third-order valence-corrected chi connectivity index (χ3v) is 7.48. The summed E-state index contributed by atoms with van der Waals surface area (Å²) in [6.45, 7) is 8.86. The molecule has 2 saturated heterocycles. The lowest BCUT2D eigenvalue weighted by Gasteiger charge is -2.34.